The van der Waals surface area contributed by atoms with Gasteiger partial charge in [0, 0.05) is 31.3 Å². The van der Waals surface area contributed by atoms with Gasteiger partial charge in [0.25, 0.3) is 0 Å². The maximum Gasteiger partial charge on any atom is 0.219 e. The van der Waals surface area contributed by atoms with Crippen molar-refractivity contribution in [1.29, 1.82) is 0 Å². The molecule has 0 saturated carbocycles. The van der Waals surface area contributed by atoms with E-state index in [0.717, 1.165) is 34.0 Å². The van der Waals surface area contributed by atoms with Gasteiger partial charge in [-0.1, -0.05) is 23.4 Å². The quantitative estimate of drug-likeness (QED) is 0.356. The maximum absolute atomic E-state index is 14.1. The third-order valence-corrected chi connectivity index (χ3v) is 5.88. The standard InChI is InChI=1S/C22H23F2N3O2S/c1-15-17(16(2)29-25-15)11-12-27(14-28)30-22-10-5-4-9-21(22)26(3)13-18-19(23)7-6-8-20(18)24/h4-10,14H,11-13H2,1-3H3. The molecule has 0 unspecified atom stereocenters. The van der Waals surface area contributed by atoms with Crippen molar-refractivity contribution in [3.63, 3.8) is 0 Å². The Hall–Kier alpha value is -2.87. The minimum atomic E-state index is -0.582. The average Bonchev–Trinajstić information content (AvgIpc) is 3.05. The van der Waals surface area contributed by atoms with E-state index in [4.69, 9.17) is 4.52 Å². The van der Waals surface area contributed by atoms with Crippen LogP contribution in [0, 0.1) is 25.5 Å². The molecule has 3 aromatic rings. The van der Waals surface area contributed by atoms with Crippen LogP contribution in [0.3, 0.4) is 0 Å². The fraction of sp³-hybridized carbons (Fsp3) is 0.273. The van der Waals surface area contributed by atoms with Crippen molar-refractivity contribution in [2.45, 2.75) is 31.7 Å². The number of rotatable bonds is 9. The number of hydrogen-bond acceptors (Lipinski definition) is 5. The summed E-state index contributed by atoms with van der Waals surface area (Å²) in [6, 6.07) is 11.3. The number of para-hydroxylation sites is 1. The van der Waals surface area contributed by atoms with Crippen molar-refractivity contribution in [3.8, 4) is 0 Å². The summed E-state index contributed by atoms with van der Waals surface area (Å²) >= 11 is 1.28. The molecule has 30 heavy (non-hydrogen) atoms. The van der Waals surface area contributed by atoms with E-state index in [1.54, 1.807) is 16.3 Å². The lowest BCUT2D eigenvalue weighted by Crippen LogP contribution is -2.21. The lowest BCUT2D eigenvalue weighted by molar-refractivity contribution is -0.113. The number of nitrogens with zero attached hydrogens (tertiary/aromatic N) is 3. The van der Waals surface area contributed by atoms with Gasteiger partial charge in [-0.2, -0.15) is 0 Å². The van der Waals surface area contributed by atoms with Gasteiger partial charge < -0.3 is 9.42 Å². The molecule has 8 heteroatoms. The summed E-state index contributed by atoms with van der Waals surface area (Å²) in [5.74, 6) is -0.419. The van der Waals surface area contributed by atoms with Gasteiger partial charge in [-0.15, -0.1) is 0 Å². The summed E-state index contributed by atoms with van der Waals surface area (Å²) < 4.78 is 34.9. The zero-order chi connectivity index (χ0) is 21.7. The van der Waals surface area contributed by atoms with E-state index in [1.807, 2.05) is 38.1 Å². The molecule has 0 aliphatic heterocycles. The van der Waals surface area contributed by atoms with Crippen LogP contribution in [0.4, 0.5) is 14.5 Å². The maximum atomic E-state index is 14.1. The Kier molecular flexibility index (Phi) is 7.10. The van der Waals surface area contributed by atoms with Crippen LogP contribution in [0.2, 0.25) is 0 Å². The highest BCUT2D eigenvalue weighted by Gasteiger charge is 2.17. The van der Waals surface area contributed by atoms with Crippen LogP contribution >= 0.6 is 11.9 Å². The first kappa shape index (κ1) is 21.8. The van der Waals surface area contributed by atoms with Crippen molar-refractivity contribution >= 4 is 24.0 Å². The average molecular weight is 432 g/mol. The Morgan fingerprint density at radius 3 is 2.40 bits per heavy atom. The number of aromatic nitrogens is 1. The molecule has 0 radical (unpaired) electrons. The second-order valence-electron chi connectivity index (χ2n) is 6.91. The number of benzene rings is 2. The summed E-state index contributed by atoms with van der Waals surface area (Å²) in [5.41, 5.74) is 2.58. The smallest absolute Gasteiger partial charge is 0.219 e. The van der Waals surface area contributed by atoms with Crippen LogP contribution in [-0.4, -0.2) is 29.5 Å². The Bertz CT molecular complexity index is 986. The minimum absolute atomic E-state index is 0.00505. The summed E-state index contributed by atoms with van der Waals surface area (Å²) in [4.78, 5) is 14.2. The van der Waals surface area contributed by atoms with E-state index >= 15 is 0 Å². The molecule has 0 fully saturated rings. The number of aryl methyl sites for hydroxylation is 2. The lowest BCUT2D eigenvalue weighted by Gasteiger charge is -2.24. The van der Waals surface area contributed by atoms with Gasteiger partial charge in [0.1, 0.15) is 17.4 Å². The molecule has 0 spiro atoms. The van der Waals surface area contributed by atoms with Gasteiger partial charge in [-0.25, -0.2) is 8.78 Å². The second-order valence-corrected chi connectivity index (χ2v) is 8.01. The molecule has 0 atom stereocenters. The molecular formula is C22H23F2N3O2S. The molecule has 0 bridgehead atoms. The minimum Gasteiger partial charge on any atom is -0.369 e. The van der Waals surface area contributed by atoms with Crippen LogP contribution in [0.25, 0.3) is 0 Å². The molecule has 5 nitrogen and oxygen atoms in total. The van der Waals surface area contributed by atoms with Gasteiger partial charge in [0.2, 0.25) is 6.41 Å². The Morgan fingerprint density at radius 2 is 1.77 bits per heavy atom. The van der Waals surface area contributed by atoms with E-state index in [9.17, 15) is 13.6 Å². The molecule has 1 aromatic heterocycles. The summed E-state index contributed by atoms with van der Waals surface area (Å²) in [7, 11) is 1.76. The lowest BCUT2D eigenvalue weighted by atomic mass is 10.1. The summed E-state index contributed by atoms with van der Waals surface area (Å²) in [6.45, 7) is 4.25. The molecule has 2 aromatic carbocycles. The number of halogens is 2. The van der Waals surface area contributed by atoms with Crippen LogP contribution in [0.15, 0.2) is 51.9 Å². The fourth-order valence-electron chi connectivity index (χ4n) is 3.18. The first-order valence-electron chi connectivity index (χ1n) is 9.45. The molecule has 3 rings (SSSR count). The van der Waals surface area contributed by atoms with Crippen LogP contribution in [0.1, 0.15) is 22.6 Å². The monoisotopic (exact) mass is 431 g/mol. The van der Waals surface area contributed by atoms with Gasteiger partial charge in [0.15, 0.2) is 0 Å². The number of carbonyl (C=O) groups is 1. The number of hydrogen-bond donors (Lipinski definition) is 0. The molecule has 1 amide bonds. The van der Waals surface area contributed by atoms with Gasteiger partial charge >= 0.3 is 0 Å². The second kappa shape index (κ2) is 9.75. The van der Waals surface area contributed by atoms with E-state index in [1.165, 1.54) is 30.1 Å². The molecule has 0 N–H and O–H groups in total. The topological polar surface area (TPSA) is 49.6 Å². The van der Waals surface area contributed by atoms with Gasteiger partial charge in [-0.05, 0) is 56.5 Å². The van der Waals surface area contributed by atoms with Crippen molar-refractivity contribution < 1.29 is 18.1 Å². The third kappa shape index (κ3) is 4.99. The third-order valence-electron chi connectivity index (χ3n) is 4.83. The molecule has 158 valence electrons. The highest BCUT2D eigenvalue weighted by Crippen LogP contribution is 2.32. The SMILES string of the molecule is Cc1noc(C)c1CCN(C=O)Sc1ccccc1N(C)Cc1c(F)cccc1F. The molecule has 0 aliphatic carbocycles. The van der Waals surface area contributed by atoms with Crippen LogP contribution in [0.5, 0.6) is 0 Å². The van der Waals surface area contributed by atoms with E-state index in [2.05, 4.69) is 5.16 Å². The van der Waals surface area contributed by atoms with Crippen LogP contribution < -0.4 is 4.90 Å². The Labute approximate surface area is 178 Å². The number of carbonyl (C=O) groups excluding carboxylic acids is 1. The summed E-state index contributed by atoms with van der Waals surface area (Å²) in [5, 5.41) is 3.94. The molecule has 1 heterocycles. The van der Waals surface area contributed by atoms with Crippen molar-refractivity contribution in [3.05, 3.63) is 76.7 Å². The predicted molar refractivity (Wildman–Crippen MR) is 113 cm³/mol. The van der Waals surface area contributed by atoms with E-state index in [0.29, 0.717) is 13.0 Å². The molecular weight excluding hydrogens is 408 g/mol. The van der Waals surface area contributed by atoms with E-state index in [-0.39, 0.29) is 12.1 Å². The van der Waals surface area contributed by atoms with Crippen molar-refractivity contribution in [2.75, 3.05) is 18.5 Å². The first-order valence-corrected chi connectivity index (χ1v) is 10.2. The first-order chi connectivity index (χ1) is 14.4. The van der Waals surface area contributed by atoms with Gasteiger partial charge in [0.05, 0.1) is 16.3 Å². The molecule has 0 aliphatic rings. The zero-order valence-electron chi connectivity index (χ0n) is 17.1. The van der Waals surface area contributed by atoms with Gasteiger partial charge in [-0.3, -0.25) is 9.10 Å². The van der Waals surface area contributed by atoms with E-state index < -0.39 is 11.6 Å². The number of amides is 1. The van der Waals surface area contributed by atoms with Crippen LogP contribution in [-0.2, 0) is 17.8 Å². The highest BCUT2D eigenvalue weighted by atomic mass is 32.2. The predicted octanol–water partition coefficient (Wildman–Crippen LogP) is 4.91. The largest absolute Gasteiger partial charge is 0.369 e. The highest BCUT2D eigenvalue weighted by molar-refractivity contribution is 7.97. The molecule has 0 saturated heterocycles. The zero-order valence-corrected chi connectivity index (χ0v) is 17.9. The fourth-order valence-corrected chi connectivity index (χ4v) is 4.12. The van der Waals surface area contributed by atoms with Crippen molar-refractivity contribution in [1.82, 2.24) is 9.46 Å². The Balaban J connectivity index is 1.74. The summed E-state index contributed by atoms with van der Waals surface area (Å²) in [6.07, 6.45) is 1.39. The number of anilines is 1. The van der Waals surface area contributed by atoms with Crippen molar-refractivity contribution in [2.24, 2.45) is 0 Å². The Morgan fingerprint density at radius 1 is 1.07 bits per heavy atom. The normalized spacial score (nSPS) is 10.8.